The third-order valence-corrected chi connectivity index (χ3v) is 6.74. The SMILES string of the molecule is CNc1c(C)ccc2c(NC3(C)CCCCCCC(C)(C)CCC3)nccc12. The van der Waals surface area contributed by atoms with Gasteiger partial charge in [0.15, 0.2) is 0 Å². The summed E-state index contributed by atoms with van der Waals surface area (Å²) in [6.07, 6.45) is 13.7. The molecule has 1 heterocycles. The molecule has 28 heavy (non-hydrogen) atoms. The van der Waals surface area contributed by atoms with Crippen LogP contribution in [0.25, 0.3) is 10.8 Å². The first-order valence-corrected chi connectivity index (χ1v) is 11.2. The van der Waals surface area contributed by atoms with Crippen LogP contribution in [0.15, 0.2) is 24.4 Å². The van der Waals surface area contributed by atoms with Gasteiger partial charge in [0.25, 0.3) is 0 Å². The molecular formula is C25H39N3. The number of hydrogen-bond donors (Lipinski definition) is 2. The number of nitrogens with zero attached hydrogens (tertiary/aromatic N) is 1. The highest BCUT2D eigenvalue weighted by atomic mass is 15.0. The molecule has 0 aliphatic heterocycles. The molecular weight excluding hydrogens is 342 g/mol. The van der Waals surface area contributed by atoms with Crippen molar-refractivity contribution in [2.45, 2.75) is 91.0 Å². The van der Waals surface area contributed by atoms with E-state index in [1.165, 1.54) is 79.8 Å². The van der Waals surface area contributed by atoms with Gasteiger partial charge in [0.1, 0.15) is 5.82 Å². The lowest BCUT2D eigenvalue weighted by Gasteiger charge is -2.33. The first-order chi connectivity index (χ1) is 13.3. The standard InChI is InChI=1S/C25H39N3/c1-19-11-12-21-20(22(19)26-5)13-18-27-23(21)28-25(4)16-9-7-6-8-14-24(2,3)15-10-17-25/h11-13,18,26H,6-10,14-17H2,1-5H3,(H,27,28). The van der Waals surface area contributed by atoms with E-state index in [4.69, 9.17) is 4.98 Å². The fourth-order valence-corrected chi connectivity index (χ4v) is 4.89. The molecule has 0 radical (unpaired) electrons. The zero-order chi connectivity index (χ0) is 20.2. The molecule has 3 nitrogen and oxygen atoms in total. The summed E-state index contributed by atoms with van der Waals surface area (Å²) < 4.78 is 0. The van der Waals surface area contributed by atoms with Gasteiger partial charge in [-0.05, 0) is 56.6 Å². The number of rotatable bonds is 3. The Morgan fingerprint density at radius 1 is 0.821 bits per heavy atom. The Hall–Kier alpha value is -1.77. The third-order valence-electron chi connectivity index (χ3n) is 6.74. The number of benzene rings is 1. The van der Waals surface area contributed by atoms with Gasteiger partial charge in [-0.15, -0.1) is 0 Å². The zero-order valence-corrected chi connectivity index (χ0v) is 18.6. The first-order valence-electron chi connectivity index (χ1n) is 11.2. The van der Waals surface area contributed by atoms with Crippen molar-refractivity contribution >= 4 is 22.3 Å². The van der Waals surface area contributed by atoms with E-state index in [0.717, 1.165) is 5.82 Å². The Morgan fingerprint density at radius 2 is 1.50 bits per heavy atom. The maximum Gasteiger partial charge on any atom is 0.134 e. The molecule has 0 amide bonds. The van der Waals surface area contributed by atoms with Crippen molar-refractivity contribution in [2.75, 3.05) is 17.7 Å². The van der Waals surface area contributed by atoms with Gasteiger partial charge in [0.2, 0.25) is 0 Å². The molecule has 2 aromatic rings. The van der Waals surface area contributed by atoms with E-state index in [2.05, 4.69) is 56.5 Å². The van der Waals surface area contributed by atoms with Gasteiger partial charge in [-0.3, -0.25) is 0 Å². The molecule has 1 unspecified atom stereocenters. The van der Waals surface area contributed by atoms with Crippen LogP contribution in [-0.2, 0) is 0 Å². The average molecular weight is 382 g/mol. The van der Waals surface area contributed by atoms with Crippen LogP contribution in [0, 0.1) is 12.3 Å². The van der Waals surface area contributed by atoms with Crippen LogP contribution in [-0.4, -0.2) is 17.6 Å². The van der Waals surface area contributed by atoms with Crippen molar-refractivity contribution in [1.29, 1.82) is 0 Å². The molecule has 3 heteroatoms. The lowest BCUT2D eigenvalue weighted by Crippen LogP contribution is -2.35. The van der Waals surface area contributed by atoms with Gasteiger partial charge in [-0.25, -0.2) is 4.98 Å². The van der Waals surface area contributed by atoms with Crippen LogP contribution in [0.1, 0.15) is 84.1 Å². The van der Waals surface area contributed by atoms with E-state index in [1.807, 2.05) is 13.2 Å². The summed E-state index contributed by atoms with van der Waals surface area (Å²) in [5, 5.41) is 9.74. The maximum absolute atomic E-state index is 4.76. The van der Waals surface area contributed by atoms with Crippen molar-refractivity contribution in [3.63, 3.8) is 0 Å². The summed E-state index contributed by atoms with van der Waals surface area (Å²) >= 11 is 0. The van der Waals surface area contributed by atoms with Crippen molar-refractivity contribution in [1.82, 2.24) is 4.98 Å². The molecule has 1 aliphatic rings. The minimum Gasteiger partial charge on any atom is -0.387 e. The summed E-state index contributed by atoms with van der Waals surface area (Å²) in [6, 6.07) is 6.55. The predicted molar refractivity (Wildman–Crippen MR) is 123 cm³/mol. The van der Waals surface area contributed by atoms with Crippen LogP contribution in [0.4, 0.5) is 11.5 Å². The van der Waals surface area contributed by atoms with E-state index in [9.17, 15) is 0 Å². The largest absolute Gasteiger partial charge is 0.387 e. The Morgan fingerprint density at radius 3 is 2.25 bits per heavy atom. The molecule has 1 aliphatic carbocycles. The Labute approximate surface area is 171 Å². The molecule has 1 atom stereocenters. The number of aromatic nitrogens is 1. The number of hydrogen-bond acceptors (Lipinski definition) is 3. The summed E-state index contributed by atoms with van der Waals surface area (Å²) in [5.41, 5.74) is 3.06. The smallest absolute Gasteiger partial charge is 0.134 e. The average Bonchev–Trinajstić information content (AvgIpc) is 2.66. The summed E-state index contributed by atoms with van der Waals surface area (Å²) in [6.45, 7) is 9.46. The van der Waals surface area contributed by atoms with Crippen LogP contribution >= 0.6 is 0 Å². The predicted octanol–water partition coefficient (Wildman–Crippen LogP) is 7.31. The molecule has 0 bridgehead atoms. The molecule has 1 aromatic heterocycles. The molecule has 0 saturated heterocycles. The molecule has 0 spiro atoms. The number of nitrogens with one attached hydrogen (secondary N) is 2. The first kappa shape index (κ1) is 21.0. The van der Waals surface area contributed by atoms with Crippen molar-refractivity contribution in [3.05, 3.63) is 30.0 Å². The minimum absolute atomic E-state index is 0.104. The Kier molecular flexibility index (Phi) is 6.52. The number of pyridine rings is 1. The van der Waals surface area contributed by atoms with Gasteiger partial charge in [-0.1, -0.05) is 58.1 Å². The second-order valence-corrected chi connectivity index (χ2v) is 9.88. The number of fused-ring (bicyclic) bond motifs is 1. The van der Waals surface area contributed by atoms with E-state index in [0.29, 0.717) is 5.41 Å². The highest BCUT2D eigenvalue weighted by molar-refractivity contribution is 6.01. The van der Waals surface area contributed by atoms with E-state index in [-0.39, 0.29) is 5.54 Å². The molecule has 1 saturated carbocycles. The normalized spacial score (nSPS) is 23.8. The maximum atomic E-state index is 4.76. The zero-order valence-electron chi connectivity index (χ0n) is 18.6. The quantitative estimate of drug-likeness (QED) is 0.585. The molecule has 3 rings (SSSR count). The second-order valence-electron chi connectivity index (χ2n) is 9.88. The number of aryl methyl sites for hydroxylation is 1. The van der Waals surface area contributed by atoms with Gasteiger partial charge in [0.05, 0.1) is 0 Å². The minimum atomic E-state index is 0.104. The summed E-state index contributed by atoms with van der Waals surface area (Å²) in [5.74, 6) is 1.03. The van der Waals surface area contributed by atoms with Crippen LogP contribution in [0.5, 0.6) is 0 Å². The van der Waals surface area contributed by atoms with Gasteiger partial charge in [0, 0.05) is 35.2 Å². The lowest BCUT2D eigenvalue weighted by molar-refractivity contribution is 0.277. The lowest BCUT2D eigenvalue weighted by atomic mass is 9.80. The summed E-state index contributed by atoms with van der Waals surface area (Å²) in [4.78, 5) is 4.76. The monoisotopic (exact) mass is 381 g/mol. The molecule has 1 fully saturated rings. The Balaban J connectivity index is 1.87. The Bertz CT molecular complexity index is 796. The fourth-order valence-electron chi connectivity index (χ4n) is 4.89. The van der Waals surface area contributed by atoms with Crippen molar-refractivity contribution in [3.8, 4) is 0 Å². The van der Waals surface area contributed by atoms with Crippen LogP contribution in [0.2, 0.25) is 0 Å². The highest BCUT2D eigenvalue weighted by Gasteiger charge is 2.27. The number of anilines is 2. The van der Waals surface area contributed by atoms with Gasteiger partial charge in [-0.2, -0.15) is 0 Å². The van der Waals surface area contributed by atoms with Gasteiger partial charge >= 0.3 is 0 Å². The van der Waals surface area contributed by atoms with Crippen molar-refractivity contribution < 1.29 is 0 Å². The van der Waals surface area contributed by atoms with Crippen LogP contribution < -0.4 is 10.6 Å². The third kappa shape index (κ3) is 4.98. The van der Waals surface area contributed by atoms with E-state index in [1.54, 1.807) is 0 Å². The molecule has 154 valence electrons. The van der Waals surface area contributed by atoms with E-state index < -0.39 is 0 Å². The fraction of sp³-hybridized carbons (Fsp3) is 0.640. The highest BCUT2D eigenvalue weighted by Crippen LogP contribution is 2.37. The van der Waals surface area contributed by atoms with Crippen molar-refractivity contribution in [2.24, 2.45) is 5.41 Å². The summed E-state index contributed by atoms with van der Waals surface area (Å²) in [7, 11) is 2.00. The van der Waals surface area contributed by atoms with Gasteiger partial charge < -0.3 is 10.6 Å². The molecule has 1 aromatic carbocycles. The molecule has 2 N–H and O–H groups in total. The van der Waals surface area contributed by atoms with E-state index >= 15 is 0 Å². The van der Waals surface area contributed by atoms with Crippen LogP contribution in [0.3, 0.4) is 0 Å². The topological polar surface area (TPSA) is 37.0 Å². The second kappa shape index (κ2) is 8.71.